The third kappa shape index (κ3) is 3.21. The van der Waals surface area contributed by atoms with Crippen molar-refractivity contribution in [3.8, 4) is 0 Å². The van der Waals surface area contributed by atoms with E-state index >= 15 is 0 Å². The molecule has 0 heteroatoms. The van der Waals surface area contributed by atoms with Crippen LogP contribution in [0.25, 0.3) is 0 Å². The Labute approximate surface area is 108 Å². The van der Waals surface area contributed by atoms with Gasteiger partial charge in [0.2, 0.25) is 0 Å². The van der Waals surface area contributed by atoms with Gasteiger partial charge < -0.3 is 0 Å². The Morgan fingerprint density at radius 1 is 0.882 bits per heavy atom. The van der Waals surface area contributed by atoms with Crippen LogP contribution in [0.5, 0.6) is 0 Å². The molecule has 0 N–H and O–H groups in total. The molecule has 0 aromatic heterocycles. The molecular weight excluding hydrogens is 204 g/mol. The van der Waals surface area contributed by atoms with E-state index < -0.39 is 0 Å². The number of hydrogen-bond donors (Lipinski definition) is 0. The Kier molecular flexibility index (Phi) is 6.87. The van der Waals surface area contributed by atoms with Crippen molar-refractivity contribution in [2.24, 2.45) is 11.8 Å². The Hall–Kier alpha value is -1.04. The molecule has 0 nitrogen and oxygen atoms in total. The zero-order valence-corrected chi connectivity index (χ0v) is 12.4. The number of fused-ring (bicyclic) bond motifs is 2. The zero-order valence-electron chi connectivity index (χ0n) is 12.4. The lowest BCUT2D eigenvalue weighted by Gasteiger charge is -2.16. The quantitative estimate of drug-likeness (QED) is 0.536. The van der Waals surface area contributed by atoms with Crippen molar-refractivity contribution in [1.29, 1.82) is 0 Å². The highest BCUT2D eigenvalue weighted by atomic mass is 14.4. The summed E-state index contributed by atoms with van der Waals surface area (Å²) in [4.78, 5) is 0. The maximum atomic E-state index is 4.06. The van der Waals surface area contributed by atoms with Gasteiger partial charge in [-0.1, -0.05) is 64.2 Å². The average molecular weight is 232 g/mol. The summed E-state index contributed by atoms with van der Waals surface area (Å²) in [5.74, 6) is 1.27. The monoisotopic (exact) mass is 232 g/mol. The molecule has 2 aliphatic carbocycles. The second-order valence-electron chi connectivity index (χ2n) is 4.22. The van der Waals surface area contributed by atoms with E-state index in [1.165, 1.54) is 28.7 Å². The highest BCUT2D eigenvalue weighted by Crippen LogP contribution is 2.48. The summed E-state index contributed by atoms with van der Waals surface area (Å²) in [5.41, 5.74) is 5.35. The first-order valence-corrected chi connectivity index (χ1v) is 6.85. The van der Waals surface area contributed by atoms with Gasteiger partial charge in [0.25, 0.3) is 0 Å². The largest absolute Gasteiger partial charge is 0.0958 e. The van der Waals surface area contributed by atoms with Crippen LogP contribution >= 0.6 is 0 Å². The van der Waals surface area contributed by atoms with Crippen LogP contribution in [0.4, 0.5) is 0 Å². The molecule has 0 aromatic carbocycles. The van der Waals surface area contributed by atoms with E-state index in [1.807, 2.05) is 27.7 Å². The predicted molar refractivity (Wildman–Crippen MR) is 80.1 cm³/mol. The molecule has 0 fully saturated rings. The molecular formula is C17H28. The van der Waals surface area contributed by atoms with Crippen LogP contribution in [0.3, 0.4) is 0 Å². The predicted octanol–water partition coefficient (Wildman–Crippen LogP) is 5.69. The van der Waals surface area contributed by atoms with Crippen molar-refractivity contribution in [3.63, 3.8) is 0 Å². The minimum atomic E-state index is 0.634. The van der Waals surface area contributed by atoms with E-state index in [2.05, 4.69) is 39.2 Å². The van der Waals surface area contributed by atoms with Crippen molar-refractivity contribution in [2.45, 2.75) is 48.0 Å². The first kappa shape index (κ1) is 16.0. The van der Waals surface area contributed by atoms with Gasteiger partial charge in [0, 0.05) is 11.8 Å². The topological polar surface area (TPSA) is 0 Å². The smallest absolute Gasteiger partial charge is 0.00324 e. The van der Waals surface area contributed by atoms with Gasteiger partial charge in [-0.05, 0) is 31.4 Å². The van der Waals surface area contributed by atoms with E-state index in [1.54, 1.807) is 0 Å². The third-order valence-electron chi connectivity index (χ3n) is 3.03. The lowest BCUT2D eigenvalue weighted by atomic mass is 9.89. The van der Waals surface area contributed by atoms with Crippen molar-refractivity contribution in [2.75, 3.05) is 0 Å². The first-order chi connectivity index (χ1) is 8.11. The summed E-state index contributed by atoms with van der Waals surface area (Å²) in [6, 6.07) is 0. The Bertz CT molecular complexity index is 307. The lowest BCUT2D eigenvalue weighted by molar-refractivity contribution is 0.707. The van der Waals surface area contributed by atoms with Gasteiger partial charge >= 0.3 is 0 Å². The summed E-state index contributed by atoms with van der Waals surface area (Å²) in [5, 5.41) is 0. The summed E-state index contributed by atoms with van der Waals surface area (Å²) >= 11 is 0. The fourth-order valence-corrected chi connectivity index (χ4v) is 2.62. The van der Waals surface area contributed by atoms with E-state index in [-0.39, 0.29) is 0 Å². The van der Waals surface area contributed by atoms with Gasteiger partial charge in [-0.3, -0.25) is 0 Å². The molecule has 0 aliphatic heterocycles. The standard InChI is InChI=1S/C13H16.2C2H6/c1-8(2)12-10-5-6-11(7-10)13(12)9(3)4;2*1-2/h5-6,10-11H,1,3,7H2,2,4H3;2*1-2H3. The van der Waals surface area contributed by atoms with E-state index in [9.17, 15) is 0 Å². The minimum absolute atomic E-state index is 0.634. The molecule has 96 valence electrons. The molecule has 2 bridgehead atoms. The molecule has 0 spiro atoms. The highest BCUT2D eigenvalue weighted by Gasteiger charge is 2.35. The molecule has 0 saturated heterocycles. The van der Waals surface area contributed by atoms with E-state index in [0.29, 0.717) is 11.8 Å². The molecule has 17 heavy (non-hydrogen) atoms. The molecule has 0 radical (unpaired) electrons. The zero-order chi connectivity index (χ0) is 13.6. The second kappa shape index (κ2) is 7.32. The van der Waals surface area contributed by atoms with E-state index in [4.69, 9.17) is 0 Å². The highest BCUT2D eigenvalue weighted by molar-refractivity contribution is 5.53. The molecule has 2 atom stereocenters. The lowest BCUT2D eigenvalue weighted by Crippen LogP contribution is -2.00. The van der Waals surface area contributed by atoms with Crippen LogP contribution in [0, 0.1) is 11.8 Å². The minimum Gasteiger partial charge on any atom is -0.0958 e. The molecule has 0 amide bonds. The molecule has 0 saturated carbocycles. The molecule has 2 unspecified atom stereocenters. The summed E-state index contributed by atoms with van der Waals surface area (Å²) < 4.78 is 0. The van der Waals surface area contributed by atoms with Crippen molar-refractivity contribution in [3.05, 3.63) is 47.6 Å². The Morgan fingerprint density at radius 2 is 1.18 bits per heavy atom. The first-order valence-electron chi connectivity index (χ1n) is 6.85. The van der Waals surface area contributed by atoms with Gasteiger partial charge in [0.15, 0.2) is 0 Å². The van der Waals surface area contributed by atoms with E-state index in [0.717, 1.165) is 0 Å². The fourth-order valence-electron chi connectivity index (χ4n) is 2.62. The van der Waals surface area contributed by atoms with Crippen molar-refractivity contribution in [1.82, 2.24) is 0 Å². The van der Waals surface area contributed by atoms with Crippen molar-refractivity contribution >= 4 is 0 Å². The SMILES string of the molecule is C=C(C)C1=C(C(=C)C)C2C=CC1C2.CC.CC. The maximum absolute atomic E-state index is 4.06. The summed E-state index contributed by atoms with van der Waals surface area (Å²) in [6.07, 6.45) is 5.90. The molecule has 0 heterocycles. The number of rotatable bonds is 2. The summed E-state index contributed by atoms with van der Waals surface area (Å²) in [7, 11) is 0. The van der Waals surface area contributed by atoms with Gasteiger partial charge in [0.1, 0.15) is 0 Å². The molecule has 2 rings (SSSR count). The molecule has 0 aromatic rings. The second-order valence-corrected chi connectivity index (χ2v) is 4.22. The number of allylic oxidation sites excluding steroid dienone is 6. The molecule has 2 aliphatic rings. The maximum Gasteiger partial charge on any atom is 0.00324 e. The normalized spacial score (nSPS) is 23.6. The van der Waals surface area contributed by atoms with Crippen LogP contribution in [0.2, 0.25) is 0 Å². The van der Waals surface area contributed by atoms with Crippen LogP contribution in [-0.4, -0.2) is 0 Å². The van der Waals surface area contributed by atoms with Gasteiger partial charge in [-0.25, -0.2) is 0 Å². The van der Waals surface area contributed by atoms with Crippen molar-refractivity contribution < 1.29 is 0 Å². The van der Waals surface area contributed by atoms with Crippen LogP contribution < -0.4 is 0 Å². The van der Waals surface area contributed by atoms with Crippen LogP contribution in [0.15, 0.2) is 47.6 Å². The van der Waals surface area contributed by atoms with Crippen LogP contribution in [0.1, 0.15) is 48.0 Å². The third-order valence-corrected chi connectivity index (χ3v) is 3.03. The fraction of sp³-hybridized carbons (Fsp3) is 0.529. The van der Waals surface area contributed by atoms with Crippen LogP contribution in [-0.2, 0) is 0 Å². The van der Waals surface area contributed by atoms with Gasteiger partial charge in [0.05, 0.1) is 0 Å². The number of hydrogen-bond acceptors (Lipinski definition) is 0. The van der Waals surface area contributed by atoms with Gasteiger partial charge in [-0.2, -0.15) is 0 Å². The average Bonchev–Trinajstić information content (AvgIpc) is 2.93. The Balaban J connectivity index is 0.000000581. The van der Waals surface area contributed by atoms with Gasteiger partial charge in [-0.15, -0.1) is 0 Å². The Morgan fingerprint density at radius 3 is 1.41 bits per heavy atom. The summed E-state index contributed by atoms with van der Waals surface area (Å²) in [6.45, 7) is 20.3.